The number of aromatic nitrogens is 2. The summed E-state index contributed by atoms with van der Waals surface area (Å²) >= 11 is 0. The second-order valence-electron chi connectivity index (χ2n) is 5.18. The van der Waals surface area contributed by atoms with Crippen LogP contribution in [-0.4, -0.2) is 15.5 Å². The van der Waals surface area contributed by atoms with Gasteiger partial charge in [-0.2, -0.15) is 0 Å². The van der Waals surface area contributed by atoms with Crippen LogP contribution in [0.3, 0.4) is 0 Å². The molecule has 0 aliphatic heterocycles. The van der Waals surface area contributed by atoms with E-state index in [1.165, 1.54) is 0 Å². The molecule has 0 fully saturated rings. The van der Waals surface area contributed by atoms with Gasteiger partial charge in [0.1, 0.15) is 11.5 Å². The minimum Gasteiger partial charge on any atom is -0.339 e. The molecule has 0 atom stereocenters. The highest BCUT2D eigenvalue weighted by Gasteiger charge is 2.11. The number of anilines is 1. The number of pyridine rings is 1. The molecule has 2 aromatic heterocycles. The normalized spacial score (nSPS) is 10.4. The fourth-order valence-electron chi connectivity index (χ4n) is 2.26. The Bertz CT molecular complexity index is 761. The molecule has 0 unspecified atom stereocenters. The van der Waals surface area contributed by atoms with Crippen LogP contribution in [0.1, 0.15) is 21.6 Å². The zero-order chi connectivity index (χ0) is 15.4. The number of hydrogen-bond acceptors (Lipinski definition) is 2. The fraction of sp³-hybridized carbons (Fsp3) is 0.111. The minimum atomic E-state index is -0.155. The largest absolute Gasteiger partial charge is 0.339 e. The summed E-state index contributed by atoms with van der Waals surface area (Å²) < 4.78 is 1.93. The van der Waals surface area contributed by atoms with E-state index in [0.717, 1.165) is 11.1 Å². The van der Waals surface area contributed by atoms with Gasteiger partial charge in [-0.3, -0.25) is 4.79 Å². The maximum Gasteiger partial charge on any atom is 0.273 e. The Morgan fingerprint density at radius 3 is 2.64 bits per heavy atom. The van der Waals surface area contributed by atoms with Crippen LogP contribution < -0.4 is 5.32 Å². The van der Waals surface area contributed by atoms with Crippen LogP contribution in [0.5, 0.6) is 0 Å². The molecule has 0 saturated heterocycles. The number of aryl methyl sites for hydroxylation is 1. The van der Waals surface area contributed by atoms with Gasteiger partial charge in [-0.25, -0.2) is 4.98 Å². The summed E-state index contributed by atoms with van der Waals surface area (Å²) in [6.45, 7) is 2.63. The third-order valence-corrected chi connectivity index (χ3v) is 3.41. The van der Waals surface area contributed by atoms with Crippen LogP contribution in [-0.2, 0) is 6.54 Å². The van der Waals surface area contributed by atoms with Crippen molar-refractivity contribution in [1.29, 1.82) is 0 Å². The molecule has 0 aliphatic carbocycles. The number of hydrogen-bond donors (Lipinski definition) is 1. The number of carbonyl (C=O) groups is 1. The average molecular weight is 291 g/mol. The van der Waals surface area contributed by atoms with Gasteiger partial charge in [0.2, 0.25) is 0 Å². The molecule has 3 rings (SSSR count). The van der Waals surface area contributed by atoms with Gasteiger partial charge in [0.05, 0.1) is 0 Å². The van der Waals surface area contributed by atoms with E-state index in [-0.39, 0.29) is 5.91 Å². The lowest BCUT2D eigenvalue weighted by atomic mass is 10.2. The topological polar surface area (TPSA) is 46.9 Å². The van der Waals surface area contributed by atoms with Crippen molar-refractivity contribution in [2.24, 2.45) is 0 Å². The molecular weight excluding hydrogens is 274 g/mol. The predicted octanol–water partition coefficient (Wildman–Crippen LogP) is 3.49. The molecular formula is C18H17N3O. The first kappa shape index (κ1) is 14.1. The molecule has 4 nitrogen and oxygen atoms in total. The summed E-state index contributed by atoms with van der Waals surface area (Å²) in [5.41, 5.74) is 2.83. The summed E-state index contributed by atoms with van der Waals surface area (Å²) in [5.74, 6) is 0.403. The fourth-order valence-corrected chi connectivity index (χ4v) is 2.26. The standard InChI is InChI=1S/C18H17N3O/c1-14-9-10-17(19-12-14)20-18(22)16-8-5-11-21(16)13-15-6-3-2-4-7-15/h2-12H,13H2,1H3,(H,19,20,22). The lowest BCUT2D eigenvalue weighted by molar-refractivity contribution is 0.101. The Kier molecular flexibility index (Phi) is 4.01. The third-order valence-electron chi connectivity index (χ3n) is 3.41. The Hall–Kier alpha value is -2.88. The van der Waals surface area contributed by atoms with Crippen LogP contribution in [0.4, 0.5) is 5.82 Å². The molecule has 3 aromatic rings. The SMILES string of the molecule is Cc1ccc(NC(=O)c2cccn2Cc2ccccc2)nc1. The zero-order valence-electron chi connectivity index (χ0n) is 12.4. The van der Waals surface area contributed by atoms with Crippen molar-refractivity contribution >= 4 is 11.7 Å². The maximum absolute atomic E-state index is 12.4. The lowest BCUT2D eigenvalue weighted by Crippen LogP contribution is -2.17. The first-order valence-corrected chi connectivity index (χ1v) is 7.15. The summed E-state index contributed by atoms with van der Waals surface area (Å²) in [6, 6.07) is 17.5. The highest BCUT2D eigenvalue weighted by Crippen LogP contribution is 2.11. The summed E-state index contributed by atoms with van der Waals surface area (Å²) in [6.07, 6.45) is 3.64. The number of amides is 1. The van der Waals surface area contributed by atoms with Gasteiger partial charge in [-0.05, 0) is 36.2 Å². The van der Waals surface area contributed by atoms with Crippen molar-refractivity contribution in [2.45, 2.75) is 13.5 Å². The molecule has 1 amide bonds. The number of carbonyl (C=O) groups excluding carboxylic acids is 1. The van der Waals surface area contributed by atoms with Crippen LogP contribution in [0, 0.1) is 6.92 Å². The van der Waals surface area contributed by atoms with Gasteiger partial charge >= 0.3 is 0 Å². The Morgan fingerprint density at radius 2 is 1.91 bits per heavy atom. The molecule has 0 spiro atoms. The quantitative estimate of drug-likeness (QED) is 0.800. The second-order valence-corrected chi connectivity index (χ2v) is 5.18. The van der Waals surface area contributed by atoms with Crippen LogP contribution in [0.2, 0.25) is 0 Å². The Balaban J connectivity index is 1.76. The molecule has 110 valence electrons. The molecule has 1 N–H and O–H groups in total. The van der Waals surface area contributed by atoms with E-state index in [1.54, 1.807) is 12.3 Å². The van der Waals surface area contributed by atoms with E-state index in [2.05, 4.69) is 10.3 Å². The van der Waals surface area contributed by atoms with Crippen LogP contribution >= 0.6 is 0 Å². The third kappa shape index (κ3) is 3.23. The molecule has 0 radical (unpaired) electrons. The van der Waals surface area contributed by atoms with Crippen LogP contribution in [0.25, 0.3) is 0 Å². The maximum atomic E-state index is 12.4. The van der Waals surface area contributed by atoms with Gasteiger partial charge in [0, 0.05) is 18.9 Å². The van der Waals surface area contributed by atoms with E-state index in [1.807, 2.05) is 66.2 Å². The summed E-state index contributed by atoms with van der Waals surface area (Å²) in [4.78, 5) is 16.6. The van der Waals surface area contributed by atoms with E-state index in [4.69, 9.17) is 0 Å². The van der Waals surface area contributed by atoms with Crippen molar-refractivity contribution in [1.82, 2.24) is 9.55 Å². The highest BCUT2D eigenvalue weighted by atomic mass is 16.2. The molecule has 4 heteroatoms. The van der Waals surface area contributed by atoms with E-state index in [9.17, 15) is 4.79 Å². The number of nitrogens with zero attached hydrogens (tertiary/aromatic N) is 2. The Labute approximate surface area is 129 Å². The number of benzene rings is 1. The van der Waals surface area contributed by atoms with Crippen molar-refractivity contribution in [3.8, 4) is 0 Å². The van der Waals surface area contributed by atoms with Gasteiger partial charge in [0.15, 0.2) is 0 Å². The van der Waals surface area contributed by atoms with E-state index >= 15 is 0 Å². The average Bonchev–Trinajstić information content (AvgIpc) is 2.99. The number of nitrogens with one attached hydrogen (secondary N) is 1. The molecule has 0 bridgehead atoms. The van der Waals surface area contributed by atoms with Gasteiger partial charge in [0.25, 0.3) is 5.91 Å². The minimum absolute atomic E-state index is 0.155. The smallest absolute Gasteiger partial charge is 0.273 e. The monoisotopic (exact) mass is 291 g/mol. The molecule has 0 aliphatic rings. The first-order chi connectivity index (χ1) is 10.7. The van der Waals surface area contributed by atoms with Crippen molar-refractivity contribution in [3.63, 3.8) is 0 Å². The molecule has 1 aromatic carbocycles. The predicted molar refractivity (Wildman–Crippen MR) is 86.9 cm³/mol. The summed E-state index contributed by atoms with van der Waals surface area (Å²) in [5, 5.41) is 2.83. The van der Waals surface area contributed by atoms with Gasteiger partial charge in [-0.1, -0.05) is 36.4 Å². The number of rotatable bonds is 4. The van der Waals surface area contributed by atoms with Gasteiger partial charge in [-0.15, -0.1) is 0 Å². The molecule has 0 saturated carbocycles. The van der Waals surface area contributed by atoms with Crippen LogP contribution in [0.15, 0.2) is 67.0 Å². The van der Waals surface area contributed by atoms with E-state index in [0.29, 0.717) is 18.1 Å². The highest BCUT2D eigenvalue weighted by molar-refractivity contribution is 6.02. The van der Waals surface area contributed by atoms with Crippen molar-refractivity contribution in [3.05, 3.63) is 83.8 Å². The van der Waals surface area contributed by atoms with Crippen molar-refractivity contribution < 1.29 is 4.79 Å². The Morgan fingerprint density at radius 1 is 1.09 bits per heavy atom. The molecule has 2 heterocycles. The molecule has 22 heavy (non-hydrogen) atoms. The first-order valence-electron chi connectivity index (χ1n) is 7.15. The lowest BCUT2D eigenvalue weighted by Gasteiger charge is -2.09. The van der Waals surface area contributed by atoms with E-state index < -0.39 is 0 Å². The van der Waals surface area contributed by atoms with Crippen molar-refractivity contribution in [2.75, 3.05) is 5.32 Å². The zero-order valence-corrected chi connectivity index (χ0v) is 12.4. The summed E-state index contributed by atoms with van der Waals surface area (Å²) in [7, 11) is 0. The van der Waals surface area contributed by atoms with Gasteiger partial charge < -0.3 is 9.88 Å². The second kappa shape index (κ2) is 6.26.